The summed E-state index contributed by atoms with van der Waals surface area (Å²) in [5, 5.41) is 11.1. The molecule has 1 aliphatic rings. The quantitative estimate of drug-likeness (QED) is 0.440. The number of methoxy groups -OCH3 is 1. The summed E-state index contributed by atoms with van der Waals surface area (Å²) in [5.41, 5.74) is -0.634. The van der Waals surface area contributed by atoms with Gasteiger partial charge in [0, 0.05) is 6.07 Å². The van der Waals surface area contributed by atoms with Gasteiger partial charge in [0.25, 0.3) is 5.69 Å². The highest BCUT2D eigenvalue weighted by molar-refractivity contribution is 6.32. The molecule has 0 saturated carbocycles. The molecule has 0 amide bonds. The predicted molar refractivity (Wildman–Crippen MR) is 106 cm³/mol. The minimum absolute atomic E-state index is 0.0566. The second-order valence-electron chi connectivity index (χ2n) is 7.10. The summed E-state index contributed by atoms with van der Waals surface area (Å²) < 4.78 is 55.4. The van der Waals surface area contributed by atoms with Gasteiger partial charge in [-0.05, 0) is 26.0 Å². The third-order valence-corrected chi connectivity index (χ3v) is 4.78. The number of nitrogens with zero attached hydrogens (tertiary/aromatic N) is 1. The van der Waals surface area contributed by atoms with Gasteiger partial charge in [0.05, 0.1) is 36.9 Å². The average Bonchev–Trinajstić information content (AvgIpc) is 2.71. The monoisotopic (exact) mass is 459 g/mol. The largest absolute Gasteiger partial charge is 0.496 e. The molecule has 0 radical (unpaired) electrons. The predicted octanol–water partition coefficient (Wildman–Crippen LogP) is 4.64. The summed E-state index contributed by atoms with van der Waals surface area (Å²) in [4.78, 5) is 10.6. The van der Waals surface area contributed by atoms with Crippen LogP contribution in [0.15, 0.2) is 24.3 Å². The lowest BCUT2D eigenvalue weighted by atomic mass is 10.2. The Morgan fingerprint density at radius 2 is 1.87 bits per heavy atom. The first-order valence-corrected chi connectivity index (χ1v) is 9.55. The van der Waals surface area contributed by atoms with Gasteiger partial charge < -0.3 is 23.7 Å². The van der Waals surface area contributed by atoms with Crippen molar-refractivity contribution >= 4 is 17.3 Å². The zero-order valence-corrected chi connectivity index (χ0v) is 17.7. The lowest BCUT2D eigenvalue weighted by molar-refractivity contribution is -0.384. The van der Waals surface area contributed by atoms with Crippen molar-refractivity contribution in [3.63, 3.8) is 0 Å². The van der Waals surface area contributed by atoms with Gasteiger partial charge in [0.1, 0.15) is 23.5 Å². The second kappa shape index (κ2) is 9.21. The summed E-state index contributed by atoms with van der Waals surface area (Å²) in [7, 11) is 1.29. The summed E-state index contributed by atoms with van der Waals surface area (Å²) in [5.74, 6) is -2.98. The smallest absolute Gasteiger partial charge is 0.291 e. The van der Waals surface area contributed by atoms with E-state index < -0.39 is 40.7 Å². The van der Waals surface area contributed by atoms with Crippen molar-refractivity contribution in [1.29, 1.82) is 0 Å². The number of nitro groups is 1. The Hall–Kier alpha value is -2.69. The van der Waals surface area contributed by atoms with E-state index in [-0.39, 0.29) is 41.0 Å². The molecule has 0 bridgehead atoms. The van der Waals surface area contributed by atoms with Gasteiger partial charge in [-0.3, -0.25) is 10.1 Å². The third-order valence-electron chi connectivity index (χ3n) is 4.48. The molecule has 2 aromatic carbocycles. The lowest BCUT2D eigenvalue weighted by Gasteiger charge is -2.35. The number of nitro benzene ring substituents is 1. The van der Waals surface area contributed by atoms with Crippen LogP contribution in [-0.4, -0.2) is 37.1 Å². The van der Waals surface area contributed by atoms with E-state index in [1.165, 1.54) is 19.2 Å². The Morgan fingerprint density at radius 3 is 2.48 bits per heavy atom. The van der Waals surface area contributed by atoms with E-state index in [2.05, 4.69) is 0 Å². The van der Waals surface area contributed by atoms with Crippen LogP contribution in [0.1, 0.15) is 19.4 Å². The highest BCUT2D eigenvalue weighted by atomic mass is 35.5. The zero-order chi connectivity index (χ0) is 22.8. The van der Waals surface area contributed by atoms with E-state index in [0.29, 0.717) is 0 Å². The van der Waals surface area contributed by atoms with E-state index in [9.17, 15) is 18.9 Å². The van der Waals surface area contributed by atoms with Crippen LogP contribution in [0.25, 0.3) is 0 Å². The molecule has 1 heterocycles. The fraction of sp³-hybridized carbons (Fsp3) is 0.400. The van der Waals surface area contributed by atoms with Crippen molar-refractivity contribution in [2.45, 2.75) is 32.3 Å². The highest BCUT2D eigenvalue weighted by Gasteiger charge is 2.31. The molecule has 1 fully saturated rings. The number of halogens is 3. The topological polar surface area (TPSA) is 89.3 Å². The molecule has 168 valence electrons. The number of benzene rings is 2. The van der Waals surface area contributed by atoms with E-state index in [1.54, 1.807) is 13.8 Å². The van der Waals surface area contributed by atoms with Crippen molar-refractivity contribution in [2.75, 3.05) is 20.3 Å². The standard InChI is InChI=1S/C20H20ClF2NO7/c1-20(2)29-8-11(9-30-20)31-18-6-13(21)15(24(25)26)7-17(18)28-10-12-16(27-3)5-4-14(22)19(12)23/h4-7,11H,8-10H2,1-3H3. The first-order valence-electron chi connectivity index (χ1n) is 9.17. The maximum Gasteiger partial charge on any atom is 0.291 e. The molecule has 1 aliphatic heterocycles. The van der Waals surface area contributed by atoms with Gasteiger partial charge >= 0.3 is 0 Å². The fourth-order valence-corrected chi connectivity index (χ4v) is 3.07. The molecule has 0 spiro atoms. The molecule has 31 heavy (non-hydrogen) atoms. The summed E-state index contributed by atoms with van der Waals surface area (Å²) in [6.45, 7) is 3.40. The number of hydrogen-bond acceptors (Lipinski definition) is 7. The Balaban J connectivity index is 1.88. The highest BCUT2D eigenvalue weighted by Crippen LogP contribution is 2.39. The Bertz CT molecular complexity index is 976. The van der Waals surface area contributed by atoms with Gasteiger partial charge in [-0.2, -0.15) is 0 Å². The Morgan fingerprint density at radius 1 is 1.19 bits per heavy atom. The Labute approximate surface area is 181 Å². The minimum Gasteiger partial charge on any atom is -0.496 e. The SMILES string of the molecule is COc1ccc(F)c(F)c1COc1cc([N+](=O)[O-])c(Cl)cc1OC1COC(C)(C)OC1. The average molecular weight is 460 g/mol. The van der Waals surface area contributed by atoms with Crippen LogP contribution in [0, 0.1) is 21.7 Å². The van der Waals surface area contributed by atoms with Crippen molar-refractivity contribution < 1.29 is 37.4 Å². The molecule has 11 heteroatoms. The van der Waals surface area contributed by atoms with Crippen LogP contribution in [0.2, 0.25) is 5.02 Å². The molecule has 0 N–H and O–H groups in total. The van der Waals surface area contributed by atoms with Gasteiger partial charge in [0.2, 0.25) is 0 Å². The molecule has 2 aromatic rings. The third kappa shape index (κ3) is 5.33. The normalized spacial score (nSPS) is 16.1. The van der Waals surface area contributed by atoms with Crippen LogP contribution in [0.4, 0.5) is 14.5 Å². The van der Waals surface area contributed by atoms with Crippen LogP contribution >= 0.6 is 11.6 Å². The summed E-state index contributed by atoms with van der Waals surface area (Å²) >= 11 is 6.00. The van der Waals surface area contributed by atoms with Crippen molar-refractivity contribution in [1.82, 2.24) is 0 Å². The second-order valence-corrected chi connectivity index (χ2v) is 7.51. The lowest BCUT2D eigenvalue weighted by Crippen LogP contribution is -2.44. The maximum atomic E-state index is 14.2. The summed E-state index contributed by atoms with van der Waals surface area (Å²) in [6, 6.07) is 4.44. The zero-order valence-electron chi connectivity index (χ0n) is 16.9. The van der Waals surface area contributed by atoms with E-state index in [4.69, 9.17) is 35.3 Å². The van der Waals surface area contributed by atoms with Crippen molar-refractivity contribution in [3.8, 4) is 17.2 Å². The van der Waals surface area contributed by atoms with Gasteiger partial charge in [-0.25, -0.2) is 8.78 Å². The molecule has 0 aromatic heterocycles. The molecule has 1 saturated heterocycles. The Kier molecular flexibility index (Phi) is 6.83. The fourth-order valence-electron chi connectivity index (χ4n) is 2.84. The van der Waals surface area contributed by atoms with Gasteiger partial charge in [-0.15, -0.1) is 0 Å². The molecule has 0 atom stereocenters. The van der Waals surface area contributed by atoms with E-state index in [1.807, 2.05) is 0 Å². The van der Waals surface area contributed by atoms with E-state index in [0.717, 1.165) is 12.1 Å². The van der Waals surface area contributed by atoms with Crippen LogP contribution < -0.4 is 14.2 Å². The van der Waals surface area contributed by atoms with Crippen molar-refractivity contribution in [3.05, 3.63) is 56.6 Å². The molecule has 0 aliphatic carbocycles. The number of rotatable bonds is 7. The summed E-state index contributed by atoms with van der Waals surface area (Å²) in [6.07, 6.45) is -0.548. The van der Waals surface area contributed by atoms with Crippen LogP contribution in [0.5, 0.6) is 17.2 Å². The maximum absolute atomic E-state index is 14.2. The molecule has 0 unspecified atom stereocenters. The van der Waals surface area contributed by atoms with Crippen LogP contribution in [0.3, 0.4) is 0 Å². The molecular formula is C20H20ClF2NO7. The minimum atomic E-state index is -1.15. The van der Waals surface area contributed by atoms with Gasteiger partial charge in [0.15, 0.2) is 28.9 Å². The van der Waals surface area contributed by atoms with Crippen molar-refractivity contribution in [2.24, 2.45) is 0 Å². The molecule has 3 rings (SSSR count). The number of hydrogen-bond donors (Lipinski definition) is 0. The van der Waals surface area contributed by atoms with Crippen LogP contribution in [-0.2, 0) is 16.1 Å². The first kappa shape index (κ1) is 23.0. The van der Waals surface area contributed by atoms with Gasteiger partial charge in [-0.1, -0.05) is 11.6 Å². The molecule has 8 nitrogen and oxygen atoms in total. The first-order chi connectivity index (χ1) is 14.6. The number of ether oxygens (including phenoxy) is 5. The van der Waals surface area contributed by atoms with E-state index >= 15 is 0 Å². The molecular weight excluding hydrogens is 440 g/mol.